The normalized spacial score (nSPS) is 48.4. The molecule has 2 aliphatic heterocycles. The summed E-state index contributed by atoms with van der Waals surface area (Å²) in [4.78, 5) is 15.0. The van der Waals surface area contributed by atoms with Crippen molar-refractivity contribution in [2.24, 2.45) is 29.4 Å². The Hall–Kier alpha value is -0.610. The van der Waals surface area contributed by atoms with Crippen molar-refractivity contribution in [3.8, 4) is 0 Å². The summed E-state index contributed by atoms with van der Waals surface area (Å²) in [5.41, 5.74) is 6.25. The molecule has 114 valence electrons. The number of carbonyl (C=O) groups excluding carboxylic acids is 1. The Balaban J connectivity index is 1.69. The first-order valence-corrected chi connectivity index (χ1v) is 8.19. The van der Waals surface area contributed by atoms with Crippen molar-refractivity contribution in [2.45, 2.75) is 58.3 Å². The van der Waals surface area contributed by atoms with E-state index in [-0.39, 0.29) is 18.1 Å². The molecule has 20 heavy (non-hydrogen) atoms. The number of carbonyl (C=O) groups is 1. The molecular weight excluding hydrogens is 252 g/mol. The standard InChI is InChI=1S/C16H28N2O2/c1-9-10(2)20-11(3)15(9)16(19)18-7-12-5-4-6-14(17)13(12)8-18/h9-15H,4-8,17H2,1-3H3. The van der Waals surface area contributed by atoms with Crippen LogP contribution in [0.25, 0.3) is 0 Å². The van der Waals surface area contributed by atoms with Crippen LogP contribution in [0.1, 0.15) is 40.0 Å². The van der Waals surface area contributed by atoms with Gasteiger partial charge < -0.3 is 15.4 Å². The van der Waals surface area contributed by atoms with Crippen molar-refractivity contribution in [1.82, 2.24) is 4.90 Å². The quantitative estimate of drug-likeness (QED) is 0.794. The molecular formula is C16H28N2O2. The zero-order valence-corrected chi connectivity index (χ0v) is 12.9. The first kappa shape index (κ1) is 14.3. The van der Waals surface area contributed by atoms with Crippen molar-refractivity contribution in [3.05, 3.63) is 0 Å². The Morgan fingerprint density at radius 2 is 1.90 bits per heavy atom. The zero-order chi connectivity index (χ0) is 14.4. The van der Waals surface area contributed by atoms with Gasteiger partial charge in [-0.05, 0) is 44.4 Å². The Bertz CT molecular complexity index is 387. The van der Waals surface area contributed by atoms with E-state index in [2.05, 4.69) is 18.7 Å². The van der Waals surface area contributed by atoms with Crippen molar-refractivity contribution < 1.29 is 9.53 Å². The van der Waals surface area contributed by atoms with Crippen molar-refractivity contribution in [1.29, 1.82) is 0 Å². The molecule has 2 N–H and O–H groups in total. The number of hydrogen-bond acceptors (Lipinski definition) is 3. The summed E-state index contributed by atoms with van der Waals surface area (Å²) in [6.45, 7) is 8.05. The molecule has 4 nitrogen and oxygen atoms in total. The summed E-state index contributed by atoms with van der Waals surface area (Å²) >= 11 is 0. The van der Waals surface area contributed by atoms with Crippen molar-refractivity contribution in [2.75, 3.05) is 13.1 Å². The topological polar surface area (TPSA) is 55.6 Å². The lowest BCUT2D eigenvalue weighted by atomic mass is 9.78. The summed E-state index contributed by atoms with van der Waals surface area (Å²) in [6.07, 6.45) is 3.82. The Labute approximate surface area is 122 Å². The molecule has 0 aromatic rings. The summed E-state index contributed by atoms with van der Waals surface area (Å²) in [6, 6.07) is 0.292. The summed E-state index contributed by atoms with van der Waals surface area (Å²) in [7, 11) is 0. The molecule has 7 unspecified atom stereocenters. The third-order valence-electron chi connectivity index (χ3n) is 5.99. The highest BCUT2D eigenvalue weighted by atomic mass is 16.5. The van der Waals surface area contributed by atoms with E-state index >= 15 is 0 Å². The monoisotopic (exact) mass is 280 g/mol. The first-order valence-electron chi connectivity index (χ1n) is 8.19. The lowest BCUT2D eigenvalue weighted by molar-refractivity contribution is -0.137. The molecule has 0 aromatic heterocycles. The highest BCUT2D eigenvalue weighted by Crippen LogP contribution is 2.39. The largest absolute Gasteiger partial charge is 0.374 e. The van der Waals surface area contributed by atoms with Crippen LogP contribution in [0.4, 0.5) is 0 Å². The molecule has 3 rings (SSSR count). The maximum atomic E-state index is 12.9. The number of nitrogens with zero attached hydrogens (tertiary/aromatic N) is 1. The molecule has 2 saturated heterocycles. The molecule has 0 radical (unpaired) electrons. The average Bonchev–Trinajstić information content (AvgIpc) is 2.93. The molecule has 3 aliphatic rings. The van der Waals surface area contributed by atoms with Crippen LogP contribution in [0.5, 0.6) is 0 Å². The molecule has 1 aliphatic carbocycles. The summed E-state index contributed by atoms with van der Waals surface area (Å²) in [5.74, 6) is 1.80. The van der Waals surface area contributed by atoms with Gasteiger partial charge in [0, 0.05) is 19.1 Å². The van der Waals surface area contributed by atoms with Gasteiger partial charge in [0.1, 0.15) is 0 Å². The lowest BCUT2D eigenvalue weighted by Gasteiger charge is -2.29. The van der Waals surface area contributed by atoms with Crippen molar-refractivity contribution in [3.63, 3.8) is 0 Å². The van der Waals surface area contributed by atoms with Crippen LogP contribution in [-0.2, 0) is 9.53 Å². The summed E-state index contributed by atoms with van der Waals surface area (Å²) < 4.78 is 5.83. The fourth-order valence-electron chi connectivity index (χ4n) is 4.60. The predicted octanol–water partition coefficient (Wildman–Crippen LogP) is 1.63. The van der Waals surface area contributed by atoms with E-state index < -0.39 is 0 Å². The minimum Gasteiger partial charge on any atom is -0.374 e. The van der Waals surface area contributed by atoms with E-state index in [1.807, 2.05) is 6.92 Å². The van der Waals surface area contributed by atoms with Gasteiger partial charge in [-0.25, -0.2) is 0 Å². The lowest BCUT2D eigenvalue weighted by Crippen LogP contribution is -2.41. The molecule has 1 amide bonds. The van der Waals surface area contributed by atoms with Crippen LogP contribution in [0.15, 0.2) is 0 Å². The van der Waals surface area contributed by atoms with Crippen LogP contribution < -0.4 is 5.73 Å². The predicted molar refractivity (Wildman–Crippen MR) is 78.0 cm³/mol. The minimum absolute atomic E-state index is 0.0291. The van der Waals surface area contributed by atoms with Gasteiger partial charge in [-0.2, -0.15) is 0 Å². The number of likely N-dealkylation sites (tertiary alicyclic amines) is 1. The van der Waals surface area contributed by atoms with E-state index in [4.69, 9.17) is 10.5 Å². The number of nitrogens with two attached hydrogens (primary N) is 1. The van der Waals surface area contributed by atoms with Crippen LogP contribution in [0.2, 0.25) is 0 Å². The molecule has 3 fully saturated rings. The van der Waals surface area contributed by atoms with Gasteiger partial charge >= 0.3 is 0 Å². The number of fused-ring (bicyclic) bond motifs is 1. The molecule has 2 heterocycles. The molecule has 1 saturated carbocycles. The van der Waals surface area contributed by atoms with E-state index in [0.29, 0.717) is 29.7 Å². The van der Waals surface area contributed by atoms with E-state index in [1.165, 1.54) is 12.8 Å². The second-order valence-corrected chi connectivity index (χ2v) is 7.19. The highest BCUT2D eigenvalue weighted by molar-refractivity contribution is 5.80. The van der Waals surface area contributed by atoms with Crippen molar-refractivity contribution >= 4 is 5.91 Å². The number of hydrogen-bond donors (Lipinski definition) is 1. The third kappa shape index (κ3) is 2.27. The molecule has 0 aromatic carbocycles. The maximum Gasteiger partial charge on any atom is 0.228 e. The highest BCUT2D eigenvalue weighted by Gasteiger charge is 2.47. The van der Waals surface area contributed by atoms with Gasteiger partial charge in [-0.3, -0.25) is 4.79 Å². The third-order valence-corrected chi connectivity index (χ3v) is 5.99. The molecule has 0 spiro atoms. The second kappa shape index (κ2) is 5.30. The Kier molecular flexibility index (Phi) is 3.80. The van der Waals surface area contributed by atoms with E-state index in [0.717, 1.165) is 19.5 Å². The van der Waals surface area contributed by atoms with Crippen LogP contribution in [0.3, 0.4) is 0 Å². The SMILES string of the molecule is CC1OC(C)C(C(=O)N2CC3CCCC(N)C3C2)C1C. The van der Waals surface area contributed by atoms with Gasteiger partial charge in [0.2, 0.25) is 5.91 Å². The first-order chi connectivity index (χ1) is 9.49. The second-order valence-electron chi connectivity index (χ2n) is 7.19. The van der Waals surface area contributed by atoms with E-state index in [9.17, 15) is 4.79 Å². The fraction of sp³-hybridized carbons (Fsp3) is 0.938. The van der Waals surface area contributed by atoms with E-state index in [1.54, 1.807) is 0 Å². The average molecular weight is 280 g/mol. The fourth-order valence-corrected chi connectivity index (χ4v) is 4.60. The van der Waals surface area contributed by atoms with Crippen LogP contribution in [0, 0.1) is 23.7 Å². The van der Waals surface area contributed by atoms with Gasteiger partial charge in [0.25, 0.3) is 0 Å². The molecule has 7 atom stereocenters. The molecule has 4 heteroatoms. The maximum absolute atomic E-state index is 12.9. The summed E-state index contributed by atoms with van der Waals surface area (Å²) in [5, 5.41) is 0. The Morgan fingerprint density at radius 1 is 1.15 bits per heavy atom. The minimum atomic E-state index is 0.0291. The molecule has 0 bridgehead atoms. The van der Waals surface area contributed by atoms with Gasteiger partial charge in [-0.15, -0.1) is 0 Å². The number of rotatable bonds is 1. The van der Waals surface area contributed by atoms with Gasteiger partial charge in [-0.1, -0.05) is 13.3 Å². The van der Waals surface area contributed by atoms with Crippen LogP contribution in [-0.4, -0.2) is 42.1 Å². The number of amides is 1. The zero-order valence-electron chi connectivity index (χ0n) is 12.9. The smallest absolute Gasteiger partial charge is 0.228 e. The van der Waals surface area contributed by atoms with Gasteiger partial charge in [0.05, 0.1) is 18.1 Å². The Morgan fingerprint density at radius 3 is 2.50 bits per heavy atom. The van der Waals surface area contributed by atoms with Crippen LogP contribution >= 0.6 is 0 Å². The number of ether oxygens (including phenoxy) is 1. The van der Waals surface area contributed by atoms with Gasteiger partial charge in [0.15, 0.2) is 0 Å².